The van der Waals surface area contributed by atoms with Gasteiger partial charge in [0.2, 0.25) is 0 Å². The third-order valence-corrected chi connectivity index (χ3v) is 2.61. The second-order valence-corrected chi connectivity index (χ2v) is 3.90. The van der Waals surface area contributed by atoms with E-state index in [0.717, 1.165) is 12.1 Å². The molecular weight excluding hydrogens is 174 g/mol. The first-order valence-electron chi connectivity index (χ1n) is 5.82. The lowest BCUT2D eigenvalue weighted by atomic mass is 9.91. The van der Waals surface area contributed by atoms with Crippen molar-refractivity contribution in [3.05, 3.63) is 0 Å². The highest BCUT2D eigenvalue weighted by Gasteiger charge is 2.12. The molecule has 0 aromatic carbocycles. The third kappa shape index (κ3) is 6.14. The van der Waals surface area contributed by atoms with Crippen LogP contribution in [0.3, 0.4) is 0 Å². The van der Waals surface area contributed by atoms with Gasteiger partial charge >= 0.3 is 0 Å². The zero-order valence-electron chi connectivity index (χ0n) is 9.94. The quantitative estimate of drug-likeness (QED) is 0.565. The van der Waals surface area contributed by atoms with Crippen LogP contribution < -0.4 is 0 Å². The Kier molecular flexibility index (Phi) is 8.95. The fraction of sp³-hybridized carbons (Fsp3) is 0.917. The summed E-state index contributed by atoms with van der Waals surface area (Å²) in [6, 6.07) is 0. The fourth-order valence-electron chi connectivity index (χ4n) is 1.71. The van der Waals surface area contributed by atoms with Crippen molar-refractivity contribution in [3.63, 3.8) is 0 Å². The molecule has 0 aromatic rings. The molecule has 0 saturated carbocycles. The highest BCUT2D eigenvalue weighted by atomic mass is 16.5. The topological polar surface area (TPSA) is 33.1 Å². The smallest absolute Gasteiger partial charge is 0.0514 e. The Hall–Kier alpha value is -0.370. The summed E-state index contributed by atoms with van der Waals surface area (Å²) in [7, 11) is 1.70. The zero-order chi connectivity index (χ0) is 10.8. The Morgan fingerprint density at radius 3 is 2.43 bits per heavy atom. The summed E-state index contributed by atoms with van der Waals surface area (Å²) >= 11 is 0. The predicted octanol–water partition coefficient (Wildman–Crippen LogP) is 3.65. The van der Waals surface area contributed by atoms with E-state index in [9.17, 15) is 0 Å². The van der Waals surface area contributed by atoms with E-state index in [2.05, 4.69) is 13.8 Å². The summed E-state index contributed by atoms with van der Waals surface area (Å²) in [4.78, 5) is 0. The van der Waals surface area contributed by atoms with Gasteiger partial charge in [-0.05, 0) is 18.8 Å². The monoisotopic (exact) mass is 199 g/mol. The summed E-state index contributed by atoms with van der Waals surface area (Å²) in [5.74, 6) is 0.509. The van der Waals surface area contributed by atoms with Crippen LogP contribution in [-0.4, -0.2) is 19.4 Å². The number of rotatable bonds is 9. The molecule has 2 nitrogen and oxygen atoms in total. The molecule has 0 saturated heterocycles. The Morgan fingerprint density at radius 2 is 1.93 bits per heavy atom. The van der Waals surface area contributed by atoms with Gasteiger partial charge in [0.1, 0.15) is 0 Å². The molecule has 0 rings (SSSR count). The van der Waals surface area contributed by atoms with Gasteiger partial charge in [-0.3, -0.25) is 0 Å². The van der Waals surface area contributed by atoms with Gasteiger partial charge < -0.3 is 10.1 Å². The third-order valence-electron chi connectivity index (χ3n) is 2.61. The maximum absolute atomic E-state index is 7.95. The number of methoxy groups -OCH3 is 1. The molecule has 0 aromatic heterocycles. The maximum Gasteiger partial charge on any atom is 0.0514 e. The van der Waals surface area contributed by atoms with Crippen molar-refractivity contribution < 1.29 is 4.74 Å². The molecule has 14 heavy (non-hydrogen) atoms. The number of unbranched alkanes of at least 4 members (excludes halogenated alkanes) is 1. The summed E-state index contributed by atoms with van der Waals surface area (Å²) in [6.45, 7) is 5.11. The van der Waals surface area contributed by atoms with Gasteiger partial charge in [-0.1, -0.05) is 33.1 Å². The Labute approximate surface area is 88.6 Å². The molecule has 1 N–H and O–H groups in total. The van der Waals surface area contributed by atoms with Crippen molar-refractivity contribution >= 4 is 5.71 Å². The second-order valence-electron chi connectivity index (χ2n) is 3.90. The first-order chi connectivity index (χ1) is 6.76. The molecule has 0 aliphatic carbocycles. The van der Waals surface area contributed by atoms with E-state index >= 15 is 0 Å². The number of hydrogen-bond acceptors (Lipinski definition) is 2. The first kappa shape index (κ1) is 13.6. The van der Waals surface area contributed by atoms with Gasteiger partial charge in [0.15, 0.2) is 0 Å². The summed E-state index contributed by atoms with van der Waals surface area (Å²) < 4.78 is 5.00. The number of ether oxygens (including phenoxy) is 1. The van der Waals surface area contributed by atoms with Crippen LogP contribution in [0.25, 0.3) is 0 Å². The van der Waals surface area contributed by atoms with E-state index < -0.39 is 0 Å². The lowest BCUT2D eigenvalue weighted by molar-refractivity contribution is 0.206. The average Bonchev–Trinajstić information content (AvgIpc) is 2.20. The molecule has 1 unspecified atom stereocenters. The molecule has 2 heteroatoms. The van der Waals surface area contributed by atoms with Crippen molar-refractivity contribution in [2.75, 3.05) is 13.7 Å². The second kappa shape index (κ2) is 9.20. The van der Waals surface area contributed by atoms with E-state index in [1.165, 1.54) is 32.1 Å². The standard InChI is InChI=1S/C12H25NO/c1-4-6-8-11(7-5-2)12(13)9-10-14-3/h11,13H,4-10H2,1-3H3. The average molecular weight is 199 g/mol. The van der Waals surface area contributed by atoms with E-state index in [0.29, 0.717) is 12.5 Å². The first-order valence-corrected chi connectivity index (χ1v) is 5.82. The fourth-order valence-corrected chi connectivity index (χ4v) is 1.71. The van der Waals surface area contributed by atoms with E-state index in [4.69, 9.17) is 10.1 Å². The van der Waals surface area contributed by atoms with Crippen LogP contribution in [-0.2, 0) is 4.74 Å². The van der Waals surface area contributed by atoms with Crippen LogP contribution >= 0.6 is 0 Å². The predicted molar refractivity (Wildman–Crippen MR) is 62.1 cm³/mol. The minimum Gasteiger partial charge on any atom is -0.384 e. The molecular formula is C12H25NO. The van der Waals surface area contributed by atoms with Gasteiger partial charge in [0.25, 0.3) is 0 Å². The Balaban J connectivity index is 3.84. The molecule has 84 valence electrons. The molecule has 0 amide bonds. The van der Waals surface area contributed by atoms with Crippen molar-refractivity contribution in [2.24, 2.45) is 5.92 Å². The van der Waals surface area contributed by atoms with Gasteiger partial charge in [-0.15, -0.1) is 0 Å². The summed E-state index contributed by atoms with van der Waals surface area (Å²) in [5, 5.41) is 7.95. The minimum absolute atomic E-state index is 0.509. The summed E-state index contributed by atoms with van der Waals surface area (Å²) in [6.07, 6.45) is 6.84. The highest BCUT2D eigenvalue weighted by molar-refractivity contribution is 5.83. The molecule has 1 atom stereocenters. The maximum atomic E-state index is 7.95. The van der Waals surface area contributed by atoms with Gasteiger partial charge in [-0.2, -0.15) is 0 Å². The molecule has 0 bridgehead atoms. The van der Waals surface area contributed by atoms with Gasteiger partial charge in [0.05, 0.1) is 6.61 Å². The van der Waals surface area contributed by atoms with Crippen LogP contribution in [0.4, 0.5) is 0 Å². The molecule has 0 aliphatic heterocycles. The Morgan fingerprint density at radius 1 is 1.21 bits per heavy atom. The van der Waals surface area contributed by atoms with Gasteiger partial charge in [0, 0.05) is 19.2 Å². The van der Waals surface area contributed by atoms with Gasteiger partial charge in [-0.25, -0.2) is 0 Å². The van der Waals surface area contributed by atoms with Crippen molar-refractivity contribution in [3.8, 4) is 0 Å². The molecule has 0 aliphatic rings. The molecule has 0 fully saturated rings. The Bertz CT molecular complexity index is 145. The molecule has 0 radical (unpaired) electrons. The van der Waals surface area contributed by atoms with Crippen LogP contribution in [0.5, 0.6) is 0 Å². The SMILES string of the molecule is CCCCC(CCC)C(=N)CCOC. The molecule has 0 spiro atoms. The number of nitrogens with one attached hydrogen (secondary N) is 1. The minimum atomic E-state index is 0.509. The van der Waals surface area contributed by atoms with E-state index in [1.54, 1.807) is 7.11 Å². The van der Waals surface area contributed by atoms with Crippen LogP contribution in [0.15, 0.2) is 0 Å². The van der Waals surface area contributed by atoms with Crippen molar-refractivity contribution in [1.29, 1.82) is 5.41 Å². The summed E-state index contributed by atoms with van der Waals surface area (Å²) in [5.41, 5.74) is 0.891. The largest absolute Gasteiger partial charge is 0.384 e. The zero-order valence-corrected chi connectivity index (χ0v) is 9.94. The number of hydrogen-bond donors (Lipinski definition) is 1. The lowest BCUT2D eigenvalue weighted by Gasteiger charge is -2.16. The molecule has 0 heterocycles. The van der Waals surface area contributed by atoms with Crippen LogP contribution in [0.2, 0.25) is 0 Å². The highest BCUT2D eigenvalue weighted by Crippen LogP contribution is 2.17. The van der Waals surface area contributed by atoms with Crippen LogP contribution in [0.1, 0.15) is 52.4 Å². The van der Waals surface area contributed by atoms with Crippen molar-refractivity contribution in [1.82, 2.24) is 0 Å². The van der Waals surface area contributed by atoms with Crippen molar-refractivity contribution in [2.45, 2.75) is 52.4 Å². The van der Waals surface area contributed by atoms with E-state index in [1.807, 2.05) is 0 Å². The normalized spacial score (nSPS) is 12.8. The van der Waals surface area contributed by atoms with E-state index in [-0.39, 0.29) is 0 Å². The van der Waals surface area contributed by atoms with Crippen LogP contribution in [0, 0.1) is 11.3 Å². The lowest BCUT2D eigenvalue weighted by Crippen LogP contribution is -2.15.